The zero-order chi connectivity index (χ0) is 40.7. The zero-order valence-corrected chi connectivity index (χ0v) is 34.1. The second-order valence-electron chi connectivity index (χ2n) is 15.8. The van der Waals surface area contributed by atoms with Gasteiger partial charge in [-0.1, -0.05) is 170 Å². The van der Waals surface area contributed by atoms with Crippen LogP contribution in [0, 0.1) is 0 Å². The Morgan fingerprint density at radius 2 is 0.710 bits per heavy atom. The molecule has 0 atom stereocenters. The van der Waals surface area contributed by atoms with Crippen LogP contribution in [0.3, 0.4) is 0 Å². The van der Waals surface area contributed by atoms with E-state index in [1.165, 1.54) is 58.6 Å². The van der Waals surface area contributed by atoms with Crippen LogP contribution >= 0.6 is 11.3 Å². The Bertz CT molecular complexity index is 3850. The predicted molar refractivity (Wildman–Crippen MR) is 261 cm³/mol. The first-order valence-corrected chi connectivity index (χ1v) is 21.8. The van der Waals surface area contributed by atoms with E-state index in [2.05, 4.69) is 211 Å². The number of thiophene rings is 1. The van der Waals surface area contributed by atoms with Crippen molar-refractivity contribution in [3.8, 4) is 51.0 Å². The number of nitrogens with zero attached hydrogens (tertiary/aromatic N) is 4. The quantitative estimate of drug-likeness (QED) is 0.163. The summed E-state index contributed by atoms with van der Waals surface area (Å²) in [7, 11) is 0. The van der Waals surface area contributed by atoms with Crippen molar-refractivity contribution in [3.63, 3.8) is 0 Å². The summed E-state index contributed by atoms with van der Waals surface area (Å²) < 4.78 is 4.75. The van der Waals surface area contributed by atoms with Gasteiger partial charge >= 0.3 is 0 Å². The average molecular weight is 807 g/mol. The van der Waals surface area contributed by atoms with Crippen LogP contribution in [0.5, 0.6) is 0 Å². The summed E-state index contributed by atoms with van der Waals surface area (Å²) in [6.07, 6.45) is 0. The number of benzene rings is 10. The van der Waals surface area contributed by atoms with Gasteiger partial charge in [-0.05, 0) is 79.8 Å². The highest BCUT2D eigenvalue weighted by atomic mass is 32.1. The Kier molecular flexibility index (Phi) is 7.74. The van der Waals surface area contributed by atoms with Gasteiger partial charge in [0.25, 0.3) is 0 Å². The van der Waals surface area contributed by atoms with E-state index in [1.54, 1.807) is 11.3 Å². The molecule has 62 heavy (non-hydrogen) atoms. The Morgan fingerprint density at radius 1 is 0.290 bits per heavy atom. The molecular weight excluding hydrogens is 773 g/mol. The molecule has 5 heteroatoms. The lowest BCUT2D eigenvalue weighted by molar-refractivity contribution is 1.07. The molecule has 3 aromatic heterocycles. The second-order valence-corrected chi connectivity index (χ2v) is 16.9. The van der Waals surface area contributed by atoms with Crippen molar-refractivity contribution in [2.24, 2.45) is 0 Å². The van der Waals surface area contributed by atoms with Crippen molar-refractivity contribution in [1.29, 1.82) is 0 Å². The molecule has 10 aromatic carbocycles. The van der Waals surface area contributed by atoms with E-state index in [1.807, 2.05) is 0 Å². The fourth-order valence-electron chi connectivity index (χ4n) is 9.79. The van der Waals surface area contributed by atoms with Crippen LogP contribution in [-0.2, 0) is 0 Å². The minimum Gasteiger partial charge on any atom is -0.309 e. The van der Waals surface area contributed by atoms with Crippen molar-refractivity contribution in [2.75, 3.05) is 0 Å². The highest BCUT2D eigenvalue weighted by Gasteiger charge is 2.23. The van der Waals surface area contributed by atoms with Gasteiger partial charge in [0.15, 0.2) is 17.5 Å². The first-order chi connectivity index (χ1) is 30.8. The first-order valence-electron chi connectivity index (χ1n) is 21.0. The molecule has 13 rings (SSSR count). The Hall–Kier alpha value is -7.99. The number of hydrogen-bond donors (Lipinski definition) is 0. The van der Waals surface area contributed by atoms with Crippen LogP contribution in [0.25, 0.3) is 125 Å². The molecule has 4 nitrogen and oxygen atoms in total. The van der Waals surface area contributed by atoms with Gasteiger partial charge in [-0.3, -0.25) is 0 Å². The molecule has 0 N–H and O–H groups in total. The molecule has 0 fully saturated rings. The molecule has 0 bridgehead atoms. The van der Waals surface area contributed by atoms with Crippen LogP contribution in [0.2, 0.25) is 0 Å². The standard InChI is InChI=1S/C57H34N4S/c1-2-18-37-35(17-1)36-19-3-5-24-42(36)53-43(37)27-15-28-44(53)38-20-4-6-25-46(38)55-58-56(60-57(59-55)48-30-16-29-45-41-23-10-14-34-52(41)62-54(45)48)47-26-9-13-33-51(47)61-49-31-11-7-21-39(49)40-22-8-12-32-50(40)61/h1-34H. The number of hydrogen-bond acceptors (Lipinski definition) is 4. The third-order valence-corrected chi connectivity index (χ3v) is 13.7. The molecule has 0 aliphatic carbocycles. The van der Waals surface area contributed by atoms with Gasteiger partial charge in [0.1, 0.15) is 0 Å². The molecule has 288 valence electrons. The summed E-state index contributed by atoms with van der Waals surface area (Å²) in [6, 6.07) is 73.7. The number of fused-ring (bicyclic) bond motifs is 12. The highest BCUT2D eigenvalue weighted by molar-refractivity contribution is 7.26. The third kappa shape index (κ3) is 5.22. The molecule has 0 radical (unpaired) electrons. The summed E-state index contributed by atoms with van der Waals surface area (Å²) in [5.74, 6) is 1.88. The van der Waals surface area contributed by atoms with Crippen molar-refractivity contribution < 1.29 is 0 Å². The van der Waals surface area contributed by atoms with Crippen LogP contribution in [0.1, 0.15) is 0 Å². The van der Waals surface area contributed by atoms with Crippen molar-refractivity contribution in [1.82, 2.24) is 19.5 Å². The van der Waals surface area contributed by atoms with E-state index in [0.29, 0.717) is 17.5 Å². The topological polar surface area (TPSA) is 43.6 Å². The van der Waals surface area contributed by atoms with Crippen LogP contribution < -0.4 is 0 Å². The molecule has 0 saturated heterocycles. The summed E-state index contributed by atoms with van der Waals surface area (Å²) in [6.45, 7) is 0. The molecular formula is C57H34N4S. The molecule has 0 saturated carbocycles. The fraction of sp³-hybridized carbons (Fsp3) is 0. The van der Waals surface area contributed by atoms with Crippen molar-refractivity contribution >= 4 is 85.6 Å². The smallest absolute Gasteiger partial charge is 0.166 e. The summed E-state index contributed by atoms with van der Waals surface area (Å²) in [4.78, 5) is 16.4. The Labute approximate surface area is 360 Å². The van der Waals surface area contributed by atoms with E-state index < -0.39 is 0 Å². The monoisotopic (exact) mass is 806 g/mol. The maximum atomic E-state index is 5.50. The molecule has 0 aliphatic heterocycles. The van der Waals surface area contributed by atoms with E-state index in [4.69, 9.17) is 15.0 Å². The molecule has 3 heterocycles. The first kappa shape index (κ1) is 34.8. The Morgan fingerprint density at radius 3 is 1.39 bits per heavy atom. The maximum Gasteiger partial charge on any atom is 0.166 e. The lowest BCUT2D eigenvalue weighted by atomic mass is 9.88. The third-order valence-electron chi connectivity index (χ3n) is 12.5. The molecule has 13 aromatic rings. The van der Waals surface area contributed by atoms with Gasteiger partial charge < -0.3 is 4.57 Å². The molecule has 0 spiro atoms. The summed E-state index contributed by atoms with van der Waals surface area (Å²) >= 11 is 1.79. The van der Waals surface area contributed by atoms with Gasteiger partial charge in [0, 0.05) is 47.6 Å². The summed E-state index contributed by atoms with van der Waals surface area (Å²) in [5.41, 5.74) is 8.33. The normalized spacial score (nSPS) is 11.9. The van der Waals surface area contributed by atoms with E-state index in [0.717, 1.165) is 49.2 Å². The van der Waals surface area contributed by atoms with Crippen molar-refractivity contribution in [3.05, 3.63) is 206 Å². The predicted octanol–water partition coefficient (Wildman–Crippen LogP) is 15.5. The lowest BCUT2D eigenvalue weighted by Gasteiger charge is -2.17. The van der Waals surface area contributed by atoms with Gasteiger partial charge in [-0.2, -0.15) is 0 Å². The zero-order valence-electron chi connectivity index (χ0n) is 33.3. The van der Waals surface area contributed by atoms with Gasteiger partial charge in [0.2, 0.25) is 0 Å². The molecule has 0 aliphatic rings. The average Bonchev–Trinajstić information content (AvgIpc) is 3.90. The fourth-order valence-corrected chi connectivity index (χ4v) is 11.0. The largest absolute Gasteiger partial charge is 0.309 e. The van der Waals surface area contributed by atoms with Crippen LogP contribution in [0.15, 0.2) is 206 Å². The molecule has 0 unspecified atom stereocenters. The number of rotatable bonds is 5. The van der Waals surface area contributed by atoms with Crippen molar-refractivity contribution in [2.45, 2.75) is 0 Å². The second kappa shape index (κ2) is 13.8. The Balaban J connectivity index is 1.11. The van der Waals surface area contributed by atoms with Crippen LogP contribution in [0.4, 0.5) is 0 Å². The molecule has 0 amide bonds. The van der Waals surface area contributed by atoms with Gasteiger partial charge in [-0.15, -0.1) is 11.3 Å². The number of para-hydroxylation sites is 3. The van der Waals surface area contributed by atoms with Crippen LogP contribution in [-0.4, -0.2) is 19.5 Å². The number of aromatic nitrogens is 4. The highest BCUT2D eigenvalue weighted by Crippen LogP contribution is 2.44. The summed E-state index contributed by atoms with van der Waals surface area (Å²) in [5, 5.41) is 12.2. The van der Waals surface area contributed by atoms with Gasteiger partial charge in [-0.25, -0.2) is 15.0 Å². The lowest BCUT2D eigenvalue weighted by Crippen LogP contribution is -2.04. The minimum absolute atomic E-state index is 0.616. The maximum absolute atomic E-state index is 5.50. The van der Waals surface area contributed by atoms with Gasteiger partial charge in [0.05, 0.1) is 16.7 Å². The van der Waals surface area contributed by atoms with E-state index in [9.17, 15) is 0 Å². The van der Waals surface area contributed by atoms with E-state index in [-0.39, 0.29) is 0 Å². The SMILES string of the molecule is c1ccc(-c2cccc3c4ccccc4c4ccccc4c23)c(-c2nc(-c3ccccc3-n3c4ccccc4c4ccccc43)nc(-c3cccc4c3sc3ccccc34)n2)c1. The van der Waals surface area contributed by atoms with E-state index >= 15 is 0 Å². The minimum atomic E-state index is 0.616.